The number of halogens is 2. The van der Waals surface area contributed by atoms with Crippen molar-refractivity contribution >= 4 is 37.8 Å². The molecule has 4 nitrogen and oxygen atoms in total. The van der Waals surface area contributed by atoms with Crippen molar-refractivity contribution in [1.82, 2.24) is 0 Å². The Morgan fingerprint density at radius 2 is 1.86 bits per heavy atom. The van der Waals surface area contributed by atoms with Gasteiger partial charge in [0.15, 0.2) is 11.5 Å². The Bertz CT molecular complexity index is 686. The minimum Gasteiger partial charge on any atom is -0.493 e. The van der Waals surface area contributed by atoms with Gasteiger partial charge in [0.1, 0.15) is 5.75 Å². The van der Waals surface area contributed by atoms with Crippen molar-refractivity contribution in [3.63, 3.8) is 0 Å². The molecule has 2 rings (SSSR count). The second kappa shape index (κ2) is 7.65. The van der Waals surface area contributed by atoms with E-state index in [1.807, 2.05) is 18.2 Å². The molecule has 0 bridgehead atoms. The van der Waals surface area contributed by atoms with E-state index in [0.717, 1.165) is 10.0 Å². The third-order valence-corrected chi connectivity index (χ3v) is 4.07. The second-order valence-corrected chi connectivity index (χ2v) is 6.02. The van der Waals surface area contributed by atoms with E-state index in [1.54, 1.807) is 25.3 Å². The van der Waals surface area contributed by atoms with Crippen molar-refractivity contribution in [1.29, 1.82) is 0 Å². The largest absolute Gasteiger partial charge is 0.493 e. The van der Waals surface area contributed by atoms with Crippen LogP contribution >= 0.6 is 31.9 Å². The number of ether oxygens (including phenoxy) is 2. The molecule has 0 unspecified atom stereocenters. The van der Waals surface area contributed by atoms with Gasteiger partial charge in [-0.25, -0.2) is 0 Å². The predicted octanol–water partition coefficient (Wildman–Crippen LogP) is 4.77. The van der Waals surface area contributed by atoms with Gasteiger partial charge in [-0.05, 0) is 35.9 Å². The van der Waals surface area contributed by atoms with E-state index in [-0.39, 0.29) is 6.42 Å². The van der Waals surface area contributed by atoms with Crippen LogP contribution in [-0.4, -0.2) is 18.2 Å². The minimum absolute atomic E-state index is 0.0635. The molecule has 116 valence electrons. The first kappa shape index (κ1) is 16.8. The first-order valence-corrected chi connectivity index (χ1v) is 8.36. The minimum atomic E-state index is -0.888. The molecule has 0 atom stereocenters. The Hall–Kier alpha value is -1.53. The van der Waals surface area contributed by atoms with Crippen LogP contribution < -0.4 is 9.47 Å². The number of hydrogen-bond acceptors (Lipinski definition) is 3. The highest BCUT2D eigenvalue weighted by Gasteiger charge is 2.11. The van der Waals surface area contributed by atoms with Crippen LogP contribution in [0, 0.1) is 0 Å². The van der Waals surface area contributed by atoms with Crippen LogP contribution in [0.4, 0.5) is 0 Å². The zero-order valence-electron chi connectivity index (χ0n) is 11.8. The Balaban J connectivity index is 2.36. The molecule has 0 heterocycles. The number of aliphatic carboxylic acids is 1. The predicted molar refractivity (Wildman–Crippen MR) is 91.2 cm³/mol. The van der Waals surface area contributed by atoms with Crippen LogP contribution in [0.3, 0.4) is 0 Å². The van der Waals surface area contributed by atoms with Crippen molar-refractivity contribution in [3.05, 3.63) is 52.0 Å². The Kier molecular flexibility index (Phi) is 5.85. The molecular formula is C16H14Br2O4. The molecule has 22 heavy (non-hydrogen) atoms. The van der Waals surface area contributed by atoms with E-state index in [0.29, 0.717) is 28.1 Å². The molecule has 0 aliphatic heterocycles. The summed E-state index contributed by atoms with van der Waals surface area (Å²) in [4.78, 5) is 10.8. The normalized spacial score (nSPS) is 10.3. The average molecular weight is 430 g/mol. The molecule has 0 aromatic heterocycles. The fraction of sp³-hybridized carbons (Fsp3) is 0.188. The van der Waals surface area contributed by atoms with Crippen LogP contribution in [-0.2, 0) is 16.5 Å². The van der Waals surface area contributed by atoms with Gasteiger partial charge in [0.25, 0.3) is 0 Å². The first-order valence-electron chi connectivity index (χ1n) is 6.44. The van der Waals surface area contributed by atoms with E-state index >= 15 is 0 Å². The SMILES string of the molecule is COc1ccc(CC(=O)O)cc1Oc1ccc(Br)cc1CBr. The van der Waals surface area contributed by atoms with E-state index in [2.05, 4.69) is 31.9 Å². The molecule has 6 heteroatoms. The van der Waals surface area contributed by atoms with Gasteiger partial charge in [0, 0.05) is 15.4 Å². The molecule has 2 aromatic carbocycles. The fourth-order valence-electron chi connectivity index (χ4n) is 1.96. The number of hydrogen-bond donors (Lipinski definition) is 1. The van der Waals surface area contributed by atoms with Gasteiger partial charge in [0.05, 0.1) is 13.5 Å². The summed E-state index contributed by atoms with van der Waals surface area (Å²) in [6, 6.07) is 10.8. The van der Waals surface area contributed by atoms with Crippen LogP contribution in [0.5, 0.6) is 17.2 Å². The van der Waals surface area contributed by atoms with Gasteiger partial charge in [-0.1, -0.05) is 37.9 Å². The van der Waals surface area contributed by atoms with Gasteiger partial charge in [-0.15, -0.1) is 0 Å². The Morgan fingerprint density at radius 1 is 1.14 bits per heavy atom. The molecule has 0 aliphatic rings. The van der Waals surface area contributed by atoms with Crippen LogP contribution in [0.2, 0.25) is 0 Å². The lowest BCUT2D eigenvalue weighted by molar-refractivity contribution is -0.136. The molecule has 0 spiro atoms. The summed E-state index contributed by atoms with van der Waals surface area (Å²) in [5.41, 5.74) is 1.63. The summed E-state index contributed by atoms with van der Waals surface area (Å²) in [7, 11) is 1.55. The number of carbonyl (C=O) groups is 1. The van der Waals surface area contributed by atoms with Crippen molar-refractivity contribution in [2.45, 2.75) is 11.8 Å². The van der Waals surface area contributed by atoms with Crippen molar-refractivity contribution in [3.8, 4) is 17.2 Å². The standard InChI is InChI=1S/C16H14Br2O4/c1-21-14-4-2-10(7-16(19)20)6-15(14)22-13-5-3-12(18)8-11(13)9-17/h2-6,8H,7,9H2,1H3,(H,19,20). The monoisotopic (exact) mass is 428 g/mol. The Morgan fingerprint density at radius 3 is 2.50 bits per heavy atom. The lowest BCUT2D eigenvalue weighted by atomic mass is 10.1. The number of benzene rings is 2. The highest BCUT2D eigenvalue weighted by molar-refractivity contribution is 9.10. The molecule has 1 N–H and O–H groups in total. The Labute approximate surface area is 145 Å². The van der Waals surface area contributed by atoms with Crippen molar-refractivity contribution < 1.29 is 19.4 Å². The number of carboxylic acid groups (broad SMARTS) is 1. The summed E-state index contributed by atoms with van der Waals surface area (Å²) in [5.74, 6) is 0.843. The zero-order valence-corrected chi connectivity index (χ0v) is 15.0. The van der Waals surface area contributed by atoms with E-state index in [4.69, 9.17) is 14.6 Å². The van der Waals surface area contributed by atoms with Crippen LogP contribution in [0.25, 0.3) is 0 Å². The third kappa shape index (κ3) is 4.24. The van der Waals surface area contributed by atoms with Gasteiger partial charge in [0.2, 0.25) is 0 Å². The van der Waals surface area contributed by atoms with E-state index in [1.165, 1.54) is 0 Å². The smallest absolute Gasteiger partial charge is 0.307 e. The molecular weight excluding hydrogens is 416 g/mol. The lowest BCUT2D eigenvalue weighted by Gasteiger charge is -2.14. The molecule has 0 saturated carbocycles. The second-order valence-electron chi connectivity index (χ2n) is 4.54. The number of methoxy groups -OCH3 is 1. The molecule has 2 aromatic rings. The maximum atomic E-state index is 10.8. The number of carboxylic acids is 1. The van der Waals surface area contributed by atoms with Gasteiger partial charge < -0.3 is 14.6 Å². The maximum absolute atomic E-state index is 10.8. The molecule has 0 amide bonds. The van der Waals surface area contributed by atoms with Crippen LogP contribution in [0.15, 0.2) is 40.9 Å². The van der Waals surface area contributed by atoms with Crippen LogP contribution in [0.1, 0.15) is 11.1 Å². The molecule has 0 saturated heterocycles. The summed E-state index contributed by atoms with van der Waals surface area (Å²) >= 11 is 6.85. The van der Waals surface area contributed by atoms with E-state index < -0.39 is 5.97 Å². The first-order chi connectivity index (χ1) is 10.5. The molecule has 0 radical (unpaired) electrons. The quantitative estimate of drug-likeness (QED) is 0.671. The topological polar surface area (TPSA) is 55.8 Å². The summed E-state index contributed by atoms with van der Waals surface area (Å²) < 4.78 is 12.2. The van der Waals surface area contributed by atoms with Crippen molar-refractivity contribution in [2.75, 3.05) is 7.11 Å². The van der Waals surface area contributed by atoms with Crippen molar-refractivity contribution in [2.24, 2.45) is 0 Å². The summed E-state index contributed by atoms with van der Waals surface area (Å²) in [6.07, 6.45) is -0.0635. The van der Waals surface area contributed by atoms with Gasteiger partial charge in [-0.2, -0.15) is 0 Å². The van der Waals surface area contributed by atoms with Gasteiger partial charge >= 0.3 is 5.97 Å². The highest BCUT2D eigenvalue weighted by atomic mass is 79.9. The zero-order chi connectivity index (χ0) is 16.1. The maximum Gasteiger partial charge on any atom is 0.307 e. The number of alkyl halides is 1. The molecule has 0 fully saturated rings. The van der Waals surface area contributed by atoms with E-state index in [9.17, 15) is 4.79 Å². The average Bonchev–Trinajstić information content (AvgIpc) is 2.48. The summed E-state index contributed by atoms with van der Waals surface area (Å²) in [5, 5.41) is 9.54. The highest BCUT2D eigenvalue weighted by Crippen LogP contribution is 2.35. The van der Waals surface area contributed by atoms with Gasteiger partial charge in [-0.3, -0.25) is 4.79 Å². The fourth-order valence-corrected chi connectivity index (χ4v) is 2.80. The molecule has 0 aliphatic carbocycles. The lowest BCUT2D eigenvalue weighted by Crippen LogP contribution is -2.01. The number of rotatable bonds is 6. The third-order valence-electron chi connectivity index (χ3n) is 2.97. The summed E-state index contributed by atoms with van der Waals surface area (Å²) in [6.45, 7) is 0.